The standard InChI is InChI=1S/C50H74N8O13/c1-6-29(4)44(51)48(69)57-39(22-31-11-8-7-9-12-31)40(63)18-19-43(66)55-26-36(62)25-37(30(5)60)47(68)58-45(28(2)3)42(65)23-33(21-32-14-16-35(61)17-15-32)46(67)56-38(13-10-20-54-50(52)53)41(64)24-34(27-59)49(70)71/h7-9,11-12,14-17,28-30,33-34,37-39,44-45,59-61H,6,10,13,18-27,51H2,1-5H3,(H,55,66)(H,56,67)(H,57,69)(H,58,68)(H,70,71)(H4,52,53,54)/p+1. The Morgan fingerprint density at radius 2 is 1.31 bits per heavy atom. The lowest BCUT2D eigenvalue weighted by Crippen LogP contribution is -2.78. The molecule has 21 nitrogen and oxygen atoms in total. The first-order valence-electron chi connectivity index (χ1n) is 24.0. The number of phenolic OH excluding ortho intramolecular Hbond substituents is 1. The van der Waals surface area contributed by atoms with Crippen LogP contribution in [0.15, 0.2) is 54.6 Å². The molecule has 2 aromatic carbocycles. The Morgan fingerprint density at radius 1 is 0.704 bits per heavy atom. The van der Waals surface area contributed by atoms with Crippen LogP contribution in [0.25, 0.3) is 0 Å². The van der Waals surface area contributed by atoms with E-state index >= 15 is 0 Å². The number of guanidine groups is 1. The Morgan fingerprint density at radius 3 is 1.87 bits per heavy atom. The summed E-state index contributed by atoms with van der Waals surface area (Å²) in [5, 5.41) is 50.0. The summed E-state index contributed by atoms with van der Waals surface area (Å²) in [5.41, 5.74) is 18.4. The van der Waals surface area contributed by atoms with Crippen LogP contribution >= 0.6 is 0 Å². The molecule has 0 spiro atoms. The largest absolute Gasteiger partial charge is 0.508 e. The van der Waals surface area contributed by atoms with Crippen LogP contribution in [0, 0.1) is 29.6 Å². The molecular weight excluding hydrogens is 921 g/mol. The van der Waals surface area contributed by atoms with Gasteiger partial charge in [0.05, 0.1) is 61.8 Å². The summed E-state index contributed by atoms with van der Waals surface area (Å²) in [6.45, 7) is 7.08. The van der Waals surface area contributed by atoms with Crippen LogP contribution in [0.3, 0.4) is 0 Å². The number of phenols is 1. The lowest BCUT2D eigenvalue weighted by Gasteiger charge is -2.27. The fourth-order valence-electron chi connectivity index (χ4n) is 7.55. The predicted octanol–water partition coefficient (Wildman–Crippen LogP) is -1.56. The minimum absolute atomic E-state index is 0.00115. The highest BCUT2D eigenvalue weighted by Crippen LogP contribution is 2.21. The monoisotopic (exact) mass is 996 g/mol. The summed E-state index contributed by atoms with van der Waals surface area (Å²) < 4.78 is 0. The number of carboxylic acid groups (broad SMARTS) is 1. The molecule has 71 heavy (non-hydrogen) atoms. The van der Waals surface area contributed by atoms with Crippen molar-refractivity contribution in [2.45, 2.75) is 129 Å². The van der Waals surface area contributed by atoms with Gasteiger partial charge in [0.2, 0.25) is 23.6 Å². The van der Waals surface area contributed by atoms with E-state index in [-0.39, 0.29) is 62.7 Å². The maximum Gasteiger partial charge on any atom is 0.338 e. The molecule has 0 aliphatic rings. The molecule has 0 aliphatic carbocycles. The minimum atomic E-state index is -1.44. The van der Waals surface area contributed by atoms with E-state index in [0.29, 0.717) is 12.0 Å². The summed E-state index contributed by atoms with van der Waals surface area (Å²) in [7, 11) is 0. The predicted molar refractivity (Wildman–Crippen MR) is 261 cm³/mol. The molecule has 15 N–H and O–H groups in total. The van der Waals surface area contributed by atoms with Crippen LogP contribution in [0.2, 0.25) is 0 Å². The molecule has 0 saturated carbocycles. The zero-order chi connectivity index (χ0) is 53.4. The molecule has 9 atom stereocenters. The number of carbonyl (C=O) groups excluding carboxylic acids is 8. The van der Waals surface area contributed by atoms with Gasteiger partial charge in [-0.3, -0.25) is 59.6 Å². The van der Waals surface area contributed by atoms with Gasteiger partial charge in [-0.05, 0) is 67.7 Å². The minimum Gasteiger partial charge on any atom is -0.508 e. The highest BCUT2D eigenvalue weighted by molar-refractivity contribution is 5.97. The lowest BCUT2D eigenvalue weighted by atomic mass is 9.87. The number of aromatic hydroxyl groups is 1. The van der Waals surface area contributed by atoms with E-state index in [2.05, 4.69) is 26.3 Å². The number of aliphatic hydroxyl groups is 2. The Balaban J connectivity index is 2.20. The van der Waals surface area contributed by atoms with Crippen LogP contribution in [-0.4, -0.2) is 129 Å². The van der Waals surface area contributed by atoms with Crippen molar-refractivity contribution in [3.8, 4) is 5.75 Å². The zero-order valence-electron chi connectivity index (χ0n) is 41.4. The molecule has 0 fully saturated rings. The topological polar surface area (TPSA) is 375 Å². The summed E-state index contributed by atoms with van der Waals surface area (Å²) in [6, 6.07) is 10.5. The second kappa shape index (κ2) is 30.9. The number of amides is 4. The molecule has 2 rings (SSSR count). The van der Waals surface area contributed by atoms with Gasteiger partial charge in [-0.15, -0.1) is 0 Å². The number of carboxylic acids is 1. The molecule has 0 radical (unpaired) electrons. The van der Waals surface area contributed by atoms with Crippen molar-refractivity contribution in [3.05, 3.63) is 65.7 Å². The van der Waals surface area contributed by atoms with Crippen molar-refractivity contribution in [2.75, 3.05) is 19.7 Å². The van der Waals surface area contributed by atoms with E-state index < -0.39 is 139 Å². The van der Waals surface area contributed by atoms with Gasteiger partial charge in [-0.1, -0.05) is 76.6 Å². The first-order valence-corrected chi connectivity index (χ1v) is 24.0. The Hall–Kier alpha value is -6.58. The Kier molecular flexibility index (Phi) is 26.4. The summed E-state index contributed by atoms with van der Waals surface area (Å²) in [5.74, 6) is -11.4. The zero-order valence-corrected chi connectivity index (χ0v) is 41.4. The molecule has 21 heteroatoms. The fraction of sp³-hybridized carbons (Fsp3) is 0.560. The van der Waals surface area contributed by atoms with Gasteiger partial charge in [0.25, 0.3) is 0 Å². The SMILES string of the molecule is CCC(C)C(N)C(=O)NC(Cc1ccccc1)C(=O)CCC(=O)NCC(=O)CC(C(=O)NC(C(=O)CC(Cc1ccc(O)cc1)C(=O)NC(CCC[NH+]=C(N)N)C(=O)CC(CO)C(=O)O)C(C)C)C(C)O. The average Bonchev–Trinajstić information content (AvgIpc) is 3.32. The van der Waals surface area contributed by atoms with Gasteiger partial charge in [-0.2, -0.15) is 0 Å². The van der Waals surface area contributed by atoms with Crippen molar-refractivity contribution in [3.63, 3.8) is 0 Å². The third-order valence-electron chi connectivity index (χ3n) is 12.3. The highest BCUT2D eigenvalue weighted by atomic mass is 16.4. The molecule has 4 amide bonds. The van der Waals surface area contributed by atoms with Gasteiger partial charge in [0.15, 0.2) is 23.1 Å². The third-order valence-corrected chi connectivity index (χ3v) is 12.3. The van der Waals surface area contributed by atoms with Crippen molar-refractivity contribution in [2.24, 2.45) is 46.8 Å². The van der Waals surface area contributed by atoms with Gasteiger partial charge in [0, 0.05) is 38.0 Å². The van der Waals surface area contributed by atoms with Gasteiger partial charge in [-0.25, -0.2) is 0 Å². The van der Waals surface area contributed by atoms with Crippen molar-refractivity contribution in [1.82, 2.24) is 21.3 Å². The third kappa shape index (κ3) is 21.9. The Bertz CT molecular complexity index is 2130. The number of ketones is 4. The number of aliphatic carboxylic acids is 1. The molecule has 0 saturated heterocycles. The highest BCUT2D eigenvalue weighted by Gasteiger charge is 2.35. The second-order valence-electron chi connectivity index (χ2n) is 18.4. The van der Waals surface area contributed by atoms with E-state index in [1.807, 2.05) is 19.9 Å². The average molecular weight is 996 g/mol. The van der Waals surface area contributed by atoms with Crippen molar-refractivity contribution < 1.29 is 68.6 Å². The number of hydrogen-bond donors (Lipinski definition) is 12. The van der Waals surface area contributed by atoms with E-state index in [1.165, 1.54) is 31.2 Å². The molecule has 0 aliphatic heterocycles. The molecule has 2 aromatic rings. The number of aliphatic hydroxyl groups excluding tert-OH is 2. The Labute approximate surface area is 414 Å². The number of nitrogens with two attached hydrogens (primary N) is 3. The summed E-state index contributed by atoms with van der Waals surface area (Å²) in [4.78, 5) is 122. The molecule has 0 bridgehead atoms. The molecular formula is C50H75N8O13+. The number of hydrogen-bond acceptors (Lipinski definition) is 13. The maximum absolute atomic E-state index is 14.1. The summed E-state index contributed by atoms with van der Waals surface area (Å²) >= 11 is 0. The first-order chi connectivity index (χ1) is 33.5. The van der Waals surface area contributed by atoms with Crippen LogP contribution < -0.4 is 43.5 Å². The van der Waals surface area contributed by atoms with E-state index in [0.717, 1.165) is 5.56 Å². The number of nitrogens with one attached hydrogen (secondary N) is 5. The molecule has 9 unspecified atom stereocenters. The molecule has 0 heterocycles. The van der Waals surface area contributed by atoms with Gasteiger partial charge >= 0.3 is 11.9 Å². The van der Waals surface area contributed by atoms with Gasteiger partial charge in [0.1, 0.15) is 5.75 Å². The van der Waals surface area contributed by atoms with E-state index in [9.17, 15) is 63.6 Å². The fourth-order valence-corrected chi connectivity index (χ4v) is 7.55. The van der Waals surface area contributed by atoms with Crippen molar-refractivity contribution >= 4 is 58.7 Å². The smallest absolute Gasteiger partial charge is 0.338 e. The van der Waals surface area contributed by atoms with Crippen LogP contribution in [0.1, 0.15) is 97.1 Å². The van der Waals surface area contributed by atoms with Crippen LogP contribution in [-0.2, 0) is 56.0 Å². The number of benzene rings is 2. The lowest BCUT2D eigenvalue weighted by molar-refractivity contribution is -0.459. The number of Topliss-reactive ketones (excluding diaryl/α,β-unsaturated/α-hetero) is 4. The number of carbonyl (C=O) groups is 9. The maximum atomic E-state index is 14.1. The summed E-state index contributed by atoms with van der Waals surface area (Å²) in [6.07, 6.45) is -2.65. The first kappa shape index (κ1) is 60.5. The number of rotatable bonds is 34. The molecule has 392 valence electrons. The second-order valence-corrected chi connectivity index (χ2v) is 18.4. The van der Waals surface area contributed by atoms with Crippen molar-refractivity contribution in [1.29, 1.82) is 0 Å². The van der Waals surface area contributed by atoms with E-state index in [1.54, 1.807) is 38.1 Å². The van der Waals surface area contributed by atoms with Gasteiger partial charge < -0.3 is 47.4 Å². The van der Waals surface area contributed by atoms with Crippen LogP contribution in [0.4, 0.5) is 0 Å². The van der Waals surface area contributed by atoms with E-state index in [4.69, 9.17) is 17.2 Å². The van der Waals surface area contributed by atoms with Crippen LogP contribution in [0.5, 0.6) is 5.75 Å². The quantitative estimate of drug-likeness (QED) is 0.0214. The molecule has 0 aromatic heterocycles. The normalized spacial score (nSPS) is 15.0.